The lowest BCUT2D eigenvalue weighted by Gasteiger charge is -2.10. The summed E-state index contributed by atoms with van der Waals surface area (Å²) in [6.07, 6.45) is 1.97. The van der Waals surface area contributed by atoms with Gasteiger partial charge in [-0.15, -0.1) is 0 Å². The van der Waals surface area contributed by atoms with Gasteiger partial charge >= 0.3 is 0 Å². The number of aromatic nitrogens is 1. The first kappa shape index (κ1) is 22.6. The van der Waals surface area contributed by atoms with Gasteiger partial charge in [0, 0.05) is 43.2 Å². The Hall–Kier alpha value is -2.60. The second kappa shape index (κ2) is 9.90. The van der Waals surface area contributed by atoms with Crippen molar-refractivity contribution in [3.05, 3.63) is 104 Å². The quantitative estimate of drug-likeness (QED) is 0.218. The van der Waals surface area contributed by atoms with E-state index in [1.165, 1.54) is 0 Å². The summed E-state index contributed by atoms with van der Waals surface area (Å²) < 4.78 is 3.17. The van der Waals surface area contributed by atoms with Crippen LogP contribution in [0.15, 0.2) is 76.3 Å². The molecule has 3 aromatic carbocycles. The number of amides is 1. The maximum atomic E-state index is 12.3. The molecule has 7 heteroatoms. The molecular formula is C25H20BrCl2N3O. The highest BCUT2D eigenvalue weighted by Gasteiger charge is 2.14. The summed E-state index contributed by atoms with van der Waals surface area (Å²) in [7, 11) is 0. The third-order valence-corrected chi connectivity index (χ3v) is 6.40. The lowest BCUT2D eigenvalue weighted by Crippen LogP contribution is -2.19. The van der Waals surface area contributed by atoms with E-state index < -0.39 is 0 Å². The van der Waals surface area contributed by atoms with E-state index in [2.05, 4.69) is 37.1 Å². The topological polar surface area (TPSA) is 46.4 Å². The number of nitrogens with one attached hydrogen (secondary N) is 1. The average Bonchev–Trinajstić information content (AvgIpc) is 3.03. The SMILES string of the molecule is Cc1c(/C=N/NC(=O)Cc2ccc(Br)cc2)c2ccccc2n1Cc1ccc(Cl)cc1Cl. The summed E-state index contributed by atoms with van der Waals surface area (Å²) in [5, 5.41) is 6.52. The Morgan fingerprint density at radius 2 is 1.84 bits per heavy atom. The van der Waals surface area contributed by atoms with Gasteiger partial charge in [-0.05, 0) is 48.4 Å². The molecule has 1 aromatic heterocycles. The number of halogens is 3. The molecule has 1 amide bonds. The van der Waals surface area contributed by atoms with Crippen molar-refractivity contribution in [2.45, 2.75) is 19.9 Å². The lowest BCUT2D eigenvalue weighted by atomic mass is 10.1. The van der Waals surface area contributed by atoms with E-state index in [1.54, 1.807) is 12.3 Å². The smallest absolute Gasteiger partial charge is 0.244 e. The number of hydrogen-bond donors (Lipinski definition) is 1. The molecule has 4 rings (SSSR count). The van der Waals surface area contributed by atoms with E-state index >= 15 is 0 Å². The van der Waals surface area contributed by atoms with Gasteiger partial charge in [0.2, 0.25) is 5.91 Å². The average molecular weight is 529 g/mol. The highest BCUT2D eigenvalue weighted by molar-refractivity contribution is 9.10. The van der Waals surface area contributed by atoms with E-state index in [4.69, 9.17) is 23.2 Å². The largest absolute Gasteiger partial charge is 0.340 e. The Morgan fingerprint density at radius 1 is 1.09 bits per heavy atom. The van der Waals surface area contributed by atoms with E-state index in [9.17, 15) is 4.79 Å². The minimum atomic E-state index is -0.169. The van der Waals surface area contributed by atoms with Crippen LogP contribution in [-0.2, 0) is 17.8 Å². The first-order valence-corrected chi connectivity index (χ1v) is 11.6. The first-order valence-electron chi connectivity index (χ1n) is 10.0. The number of rotatable bonds is 6. The molecule has 0 spiro atoms. The van der Waals surface area contributed by atoms with E-state index in [0.717, 1.165) is 37.8 Å². The minimum Gasteiger partial charge on any atom is -0.340 e. The Balaban J connectivity index is 1.57. The van der Waals surface area contributed by atoms with Crippen LogP contribution in [0.4, 0.5) is 0 Å². The molecule has 0 aliphatic carbocycles. The van der Waals surface area contributed by atoms with Crippen LogP contribution in [0, 0.1) is 6.92 Å². The van der Waals surface area contributed by atoms with Crippen molar-refractivity contribution in [1.82, 2.24) is 9.99 Å². The molecule has 162 valence electrons. The van der Waals surface area contributed by atoms with Crippen LogP contribution in [0.5, 0.6) is 0 Å². The normalized spacial score (nSPS) is 11.4. The Labute approximate surface area is 205 Å². The number of hydrogen-bond acceptors (Lipinski definition) is 2. The number of carbonyl (C=O) groups excluding carboxylic acids is 1. The molecule has 0 unspecified atom stereocenters. The summed E-state index contributed by atoms with van der Waals surface area (Å²) in [6, 6.07) is 21.3. The zero-order valence-electron chi connectivity index (χ0n) is 17.3. The van der Waals surface area contributed by atoms with Crippen LogP contribution in [-0.4, -0.2) is 16.7 Å². The van der Waals surface area contributed by atoms with Gasteiger partial charge in [0.05, 0.1) is 12.6 Å². The van der Waals surface area contributed by atoms with E-state index in [-0.39, 0.29) is 12.3 Å². The Kier molecular flexibility index (Phi) is 6.99. The summed E-state index contributed by atoms with van der Waals surface area (Å²) in [4.78, 5) is 12.3. The Morgan fingerprint density at radius 3 is 2.59 bits per heavy atom. The number of fused-ring (bicyclic) bond motifs is 1. The number of nitrogens with zero attached hydrogens (tertiary/aromatic N) is 2. The second-order valence-electron chi connectivity index (χ2n) is 7.43. The van der Waals surface area contributed by atoms with Crippen molar-refractivity contribution in [3.8, 4) is 0 Å². The number of benzene rings is 3. The number of para-hydroxylation sites is 1. The van der Waals surface area contributed by atoms with Crippen LogP contribution < -0.4 is 5.43 Å². The number of hydrazone groups is 1. The second-order valence-corrected chi connectivity index (χ2v) is 9.19. The van der Waals surface area contributed by atoms with E-state index in [1.807, 2.05) is 61.5 Å². The maximum Gasteiger partial charge on any atom is 0.244 e. The van der Waals surface area contributed by atoms with Crippen molar-refractivity contribution in [1.29, 1.82) is 0 Å². The van der Waals surface area contributed by atoms with Gasteiger partial charge in [-0.25, -0.2) is 5.43 Å². The molecular weight excluding hydrogens is 509 g/mol. The molecule has 1 heterocycles. The van der Waals surface area contributed by atoms with Gasteiger partial charge in [0.15, 0.2) is 0 Å². The predicted octanol–water partition coefficient (Wildman–Crippen LogP) is 6.76. The van der Waals surface area contributed by atoms with Crippen LogP contribution in [0.25, 0.3) is 10.9 Å². The first-order chi connectivity index (χ1) is 15.4. The molecule has 0 saturated heterocycles. The molecule has 0 saturated carbocycles. The standard InChI is InChI=1S/C25H20BrCl2N3O/c1-16-22(14-29-30-25(32)12-17-6-9-19(26)10-7-17)21-4-2-3-5-24(21)31(16)15-18-8-11-20(27)13-23(18)28/h2-11,13-14H,12,15H2,1H3,(H,30,32)/b29-14+. The van der Waals surface area contributed by atoms with Gasteiger partial charge in [0.25, 0.3) is 0 Å². The molecule has 32 heavy (non-hydrogen) atoms. The Bertz CT molecular complexity index is 1310. The van der Waals surface area contributed by atoms with Gasteiger partial charge in [-0.2, -0.15) is 5.10 Å². The van der Waals surface area contributed by atoms with Crippen LogP contribution in [0.3, 0.4) is 0 Å². The minimum absolute atomic E-state index is 0.169. The summed E-state index contributed by atoms with van der Waals surface area (Å²) in [6.45, 7) is 2.64. The lowest BCUT2D eigenvalue weighted by molar-refractivity contribution is -0.120. The van der Waals surface area contributed by atoms with Gasteiger partial charge in [-0.1, -0.05) is 75.5 Å². The molecule has 1 N–H and O–H groups in total. The summed E-state index contributed by atoms with van der Waals surface area (Å²) in [5.74, 6) is -0.169. The van der Waals surface area contributed by atoms with Crippen LogP contribution in [0.1, 0.15) is 22.4 Å². The highest BCUT2D eigenvalue weighted by atomic mass is 79.9. The molecule has 0 aliphatic rings. The molecule has 0 radical (unpaired) electrons. The van der Waals surface area contributed by atoms with Crippen molar-refractivity contribution >= 4 is 62.2 Å². The predicted molar refractivity (Wildman–Crippen MR) is 136 cm³/mol. The molecule has 4 aromatic rings. The van der Waals surface area contributed by atoms with Crippen LogP contribution >= 0.6 is 39.1 Å². The van der Waals surface area contributed by atoms with Gasteiger partial charge < -0.3 is 4.57 Å². The summed E-state index contributed by atoms with van der Waals surface area (Å²) >= 11 is 15.9. The zero-order valence-corrected chi connectivity index (χ0v) is 20.4. The molecule has 4 nitrogen and oxygen atoms in total. The van der Waals surface area contributed by atoms with E-state index in [0.29, 0.717) is 16.6 Å². The molecule has 0 aliphatic heterocycles. The fourth-order valence-corrected chi connectivity index (χ4v) is 4.37. The third-order valence-electron chi connectivity index (χ3n) is 5.28. The fourth-order valence-electron chi connectivity index (χ4n) is 3.64. The molecule has 0 bridgehead atoms. The van der Waals surface area contributed by atoms with Gasteiger partial charge in [0.1, 0.15) is 0 Å². The summed E-state index contributed by atoms with van der Waals surface area (Å²) in [5.41, 5.74) is 7.59. The zero-order chi connectivity index (χ0) is 22.7. The maximum absolute atomic E-state index is 12.3. The van der Waals surface area contributed by atoms with Crippen molar-refractivity contribution in [2.24, 2.45) is 5.10 Å². The van der Waals surface area contributed by atoms with Crippen LogP contribution in [0.2, 0.25) is 10.0 Å². The fraction of sp³-hybridized carbons (Fsp3) is 0.120. The van der Waals surface area contributed by atoms with Crippen molar-refractivity contribution in [2.75, 3.05) is 0 Å². The van der Waals surface area contributed by atoms with Crippen molar-refractivity contribution < 1.29 is 4.79 Å². The van der Waals surface area contributed by atoms with Crippen molar-refractivity contribution in [3.63, 3.8) is 0 Å². The number of carbonyl (C=O) groups is 1. The third kappa shape index (κ3) is 5.07. The molecule has 0 fully saturated rings. The monoisotopic (exact) mass is 527 g/mol. The molecule has 0 atom stereocenters. The van der Waals surface area contributed by atoms with Gasteiger partial charge in [-0.3, -0.25) is 4.79 Å². The highest BCUT2D eigenvalue weighted by Crippen LogP contribution is 2.28.